The number of carbonyl (C=O) groups excluding carboxylic acids is 1. The minimum Gasteiger partial charge on any atom is -0.334 e. The molecule has 0 aliphatic rings. The summed E-state index contributed by atoms with van der Waals surface area (Å²) in [6.45, 7) is 6.04. The van der Waals surface area contributed by atoms with Crippen LogP contribution in [0.15, 0.2) is 0 Å². The smallest absolute Gasteiger partial charge is 0.312 e. The molecule has 0 aromatic heterocycles. The highest BCUT2D eigenvalue weighted by Crippen LogP contribution is 2.03. The van der Waals surface area contributed by atoms with Crippen LogP contribution in [0.3, 0.4) is 0 Å². The van der Waals surface area contributed by atoms with Crippen LogP contribution >= 0.6 is 0 Å². The second-order valence-corrected chi connectivity index (χ2v) is 3.49. The first-order valence-electron chi connectivity index (χ1n) is 5.47. The molecule has 1 radical (unpaired) electrons. The number of amides is 1. The van der Waals surface area contributed by atoms with Crippen LogP contribution in [0.5, 0.6) is 0 Å². The molecule has 0 spiro atoms. The van der Waals surface area contributed by atoms with Gasteiger partial charge >= 0.3 is 6.41 Å². The Morgan fingerprint density at radius 3 is 2.15 bits per heavy atom. The van der Waals surface area contributed by atoms with Crippen molar-refractivity contribution in [3.63, 3.8) is 0 Å². The second-order valence-electron chi connectivity index (χ2n) is 3.49. The summed E-state index contributed by atoms with van der Waals surface area (Å²) in [6, 6.07) is 0. The maximum atomic E-state index is 10.4. The molecular weight excluding hydrogens is 162 g/mol. The van der Waals surface area contributed by atoms with Gasteiger partial charge in [-0.2, -0.15) is 0 Å². The van der Waals surface area contributed by atoms with Crippen molar-refractivity contribution in [2.75, 3.05) is 13.1 Å². The number of hydrogen-bond donors (Lipinski definition) is 0. The Morgan fingerprint density at radius 1 is 0.923 bits per heavy atom. The van der Waals surface area contributed by atoms with E-state index < -0.39 is 0 Å². The van der Waals surface area contributed by atoms with E-state index >= 15 is 0 Å². The van der Waals surface area contributed by atoms with E-state index in [0.29, 0.717) is 0 Å². The van der Waals surface area contributed by atoms with E-state index in [-0.39, 0.29) is 0 Å². The molecule has 0 aliphatic carbocycles. The maximum absolute atomic E-state index is 10.4. The fraction of sp³-hybridized carbons (Fsp3) is 0.909. The lowest BCUT2D eigenvalue weighted by atomic mass is 10.1. The van der Waals surface area contributed by atoms with Crippen molar-refractivity contribution in [1.82, 2.24) is 4.90 Å². The number of hydrogen-bond acceptors (Lipinski definition) is 1. The molecule has 1 amide bonds. The lowest BCUT2D eigenvalue weighted by Gasteiger charge is -2.14. The molecule has 0 aliphatic heterocycles. The fourth-order valence-corrected chi connectivity index (χ4v) is 1.38. The zero-order valence-electron chi connectivity index (χ0n) is 9.01. The number of unbranched alkanes of at least 4 members (excludes halogenated alkanes) is 4. The molecule has 0 bridgehead atoms. The molecule has 0 unspecified atom stereocenters. The summed E-state index contributed by atoms with van der Waals surface area (Å²) in [4.78, 5) is 12.2. The van der Waals surface area contributed by atoms with Gasteiger partial charge in [0.05, 0.1) is 0 Å². The Morgan fingerprint density at radius 2 is 1.62 bits per heavy atom. The van der Waals surface area contributed by atoms with Crippen LogP contribution in [0, 0.1) is 0 Å². The lowest BCUT2D eigenvalue weighted by Crippen LogP contribution is -2.23. The normalized spacial score (nSPS) is 10.0. The van der Waals surface area contributed by atoms with Crippen LogP contribution in [-0.2, 0) is 4.79 Å². The Kier molecular flexibility index (Phi) is 9.17. The molecular formula is C11H22NO. The summed E-state index contributed by atoms with van der Waals surface area (Å²) in [7, 11) is 0. The third-order valence-electron chi connectivity index (χ3n) is 2.15. The van der Waals surface area contributed by atoms with Gasteiger partial charge in [-0.15, -0.1) is 0 Å². The third kappa shape index (κ3) is 7.82. The highest BCUT2D eigenvalue weighted by Gasteiger charge is 1.99. The van der Waals surface area contributed by atoms with Crippen molar-refractivity contribution < 1.29 is 4.79 Å². The maximum Gasteiger partial charge on any atom is 0.312 e. The average molecular weight is 184 g/mol. The first kappa shape index (κ1) is 12.5. The monoisotopic (exact) mass is 184 g/mol. The molecule has 2 nitrogen and oxygen atoms in total. The molecule has 0 atom stereocenters. The summed E-state index contributed by atoms with van der Waals surface area (Å²) in [6.07, 6.45) is 9.28. The van der Waals surface area contributed by atoms with Crippen LogP contribution in [-0.4, -0.2) is 24.4 Å². The Hall–Kier alpha value is -0.530. The Labute approximate surface area is 82.3 Å². The van der Waals surface area contributed by atoms with Gasteiger partial charge < -0.3 is 4.90 Å². The zero-order valence-corrected chi connectivity index (χ0v) is 9.01. The SMILES string of the molecule is CCCCCCCN([C]=O)CCC. The molecule has 0 saturated carbocycles. The van der Waals surface area contributed by atoms with Crippen molar-refractivity contribution in [2.24, 2.45) is 0 Å². The van der Waals surface area contributed by atoms with Gasteiger partial charge in [0.1, 0.15) is 0 Å². The van der Waals surface area contributed by atoms with Gasteiger partial charge in [-0.1, -0.05) is 39.5 Å². The van der Waals surface area contributed by atoms with Crippen molar-refractivity contribution in [2.45, 2.75) is 52.4 Å². The van der Waals surface area contributed by atoms with Crippen LogP contribution in [0.4, 0.5) is 0 Å². The molecule has 0 aromatic carbocycles. The van der Waals surface area contributed by atoms with Crippen molar-refractivity contribution in [1.29, 1.82) is 0 Å². The molecule has 13 heavy (non-hydrogen) atoms. The Balaban J connectivity index is 3.22. The van der Waals surface area contributed by atoms with E-state index in [1.54, 1.807) is 4.90 Å². The minimum atomic E-state index is 0.858. The van der Waals surface area contributed by atoms with E-state index in [1.165, 1.54) is 25.7 Å². The topological polar surface area (TPSA) is 20.3 Å². The highest BCUT2D eigenvalue weighted by molar-refractivity contribution is 5.47. The van der Waals surface area contributed by atoms with Crippen molar-refractivity contribution in [3.8, 4) is 0 Å². The second kappa shape index (κ2) is 9.56. The van der Waals surface area contributed by atoms with Crippen LogP contribution < -0.4 is 0 Å². The van der Waals surface area contributed by atoms with E-state index in [1.807, 2.05) is 6.41 Å². The molecule has 0 rings (SSSR count). The highest BCUT2D eigenvalue weighted by atomic mass is 16.1. The number of rotatable bonds is 9. The van der Waals surface area contributed by atoms with Gasteiger partial charge in [-0.25, -0.2) is 0 Å². The van der Waals surface area contributed by atoms with Gasteiger partial charge in [-0.3, -0.25) is 4.79 Å². The first-order chi connectivity index (χ1) is 6.35. The van der Waals surface area contributed by atoms with Crippen LogP contribution in [0.2, 0.25) is 0 Å². The van der Waals surface area contributed by atoms with E-state index in [0.717, 1.165) is 25.9 Å². The summed E-state index contributed by atoms with van der Waals surface area (Å²) >= 11 is 0. The molecule has 0 heterocycles. The third-order valence-corrected chi connectivity index (χ3v) is 2.15. The fourth-order valence-electron chi connectivity index (χ4n) is 1.38. The standard InChI is InChI=1S/C11H22NO/c1-3-5-6-7-8-10-12(11-13)9-4-2/h3-10H2,1-2H3. The molecule has 2 heteroatoms. The van der Waals surface area contributed by atoms with Gasteiger partial charge in [0.15, 0.2) is 0 Å². The molecule has 0 saturated heterocycles. The van der Waals surface area contributed by atoms with Gasteiger partial charge in [0.2, 0.25) is 0 Å². The van der Waals surface area contributed by atoms with E-state index in [2.05, 4.69) is 13.8 Å². The minimum absolute atomic E-state index is 0.858. The Bertz CT molecular complexity index is 115. The summed E-state index contributed by atoms with van der Waals surface area (Å²) in [5.74, 6) is 0. The average Bonchev–Trinajstić information content (AvgIpc) is 2.16. The number of nitrogens with zero attached hydrogens (tertiary/aromatic N) is 1. The van der Waals surface area contributed by atoms with Crippen LogP contribution in [0.1, 0.15) is 52.4 Å². The quantitative estimate of drug-likeness (QED) is 0.398. The zero-order chi connectivity index (χ0) is 9.94. The van der Waals surface area contributed by atoms with Gasteiger partial charge in [-0.05, 0) is 12.8 Å². The molecule has 0 aromatic rings. The predicted octanol–water partition coefficient (Wildman–Crippen LogP) is 2.74. The molecule has 77 valence electrons. The summed E-state index contributed by atoms with van der Waals surface area (Å²) < 4.78 is 0. The summed E-state index contributed by atoms with van der Waals surface area (Å²) in [5, 5.41) is 0. The van der Waals surface area contributed by atoms with E-state index in [9.17, 15) is 4.79 Å². The van der Waals surface area contributed by atoms with E-state index in [4.69, 9.17) is 0 Å². The van der Waals surface area contributed by atoms with Crippen LogP contribution in [0.25, 0.3) is 0 Å². The van der Waals surface area contributed by atoms with Crippen molar-refractivity contribution in [3.05, 3.63) is 0 Å². The van der Waals surface area contributed by atoms with Gasteiger partial charge in [0.25, 0.3) is 0 Å². The lowest BCUT2D eigenvalue weighted by molar-refractivity contribution is 0.367. The first-order valence-corrected chi connectivity index (χ1v) is 5.47. The molecule has 0 N–H and O–H groups in total. The largest absolute Gasteiger partial charge is 0.334 e. The van der Waals surface area contributed by atoms with Crippen molar-refractivity contribution >= 4 is 6.41 Å². The summed E-state index contributed by atoms with van der Waals surface area (Å²) in [5.41, 5.74) is 0. The van der Waals surface area contributed by atoms with Gasteiger partial charge in [0, 0.05) is 13.1 Å². The molecule has 0 fully saturated rings. The predicted molar refractivity (Wildman–Crippen MR) is 56.3 cm³/mol.